The molecule has 1 aromatic heterocycles. The highest BCUT2D eigenvalue weighted by Gasteiger charge is 2.25. The largest absolute Gasteiger partial charge is 0.311 e. The third-order valence-electron chi connectivity index (χ3n) is 12.4. The van der Waals surface area contributed by atoms with E-state index in [1.165, 1.54) is 77.2 Å². The van der Waals surface area contributed by atoms with Crippen molar-refractivity contribution in [2.75, 3.05) is 4.90 Å². The molecule has 0 N–H and O–H groups in total. The molecule has 0 fully saturated rings. The van der Waals surface area contributed by atoms with Crippen LogP contribution in [0, 0.1) is 0 Å². The van der Waals surface area contributed by atoms with Crippen LogP contribution in [0.5, 0.6) is 0 Å². The van der Waals surface area contributed by atoms with Gasteiger partial charge in [0, 0.05) is 44.8 Å². The Bertz CT molecular complexity index is 3150. The van der Waals surface area contributed by atoms with Crippen molar-refractivity contribution in [2.24, 2.45) is 0 Å². The van der Waals surface area contributed by atoms with Gasteiger partial charge >= 0.3 is 0 Å². The Kier molecular flexibility index (Phi) is 9.17. The summed E-state index contributed by atoms with van der Waals surface area (Å²) in [6.07, 6.45) is 14.7. The first-order chi connectivity index (χ1) is 29.8. The summed E-state index contributed by atoms with van der Waals surface area (Å²) in [5.74, 6) is 0.221. The van der Waals surface area contributed by atoms with Gasteiger partial charge in [0.1, 0.15) is 0 Å². The van der Waals surface area contributed by atoms with Crippen LogP contribution in [0.4, 0.5) is 11.4 Å². The minimum Gasteiger partial charge on any atom is -0.311 e. The van der Waals surface area contributed by atoms with Gasteiger partial charge in [0.15, 0.2) is 0 Å². The third kappa shape index (κ3) is 6.47. The average molecular weight is 769 g/mol. The summed E-state index contributed by atoms with van der Waals surface area (Å²) in [6, 6.07) is 71.3. The summed E-state index contributed by atoms with van der Waals surface area (Å²) in [4.78, 5) is 2.47. The van der Waals surface area contributed by atoms with Crippen LogP contribution in [0.1, 0.15) is 41.9 Å². The molecule has 11 rings (SSSR count). The Morgan fingerprint density at radius 2 is 1.25 bits per heavy atom. The lowest BCUT2D eigenvalue weighted by Crippen LogP contribution is -2.19. The van der Waals surface area contributed by atoms with Gasteiger partial charge in [-0.05, 0) is 112 Å². The minimum absolute atomic E-state index is 0.221. The molecule has 2 nitrogen and oxygen atoms in total. The SMILES string of the molecule is C1=CCCC(c2ccc(N(C3=CC(c4ccccc4)CC(c4ccccc4)=C3)c3cccc(-c4cccc5c4c4ccc6ccccc6c4n5-c4ccccc4)c3)cc2)=C1. The molecule has 2 aliphatic carbocycles. The van der Waals surface area contributed by atoms with Crippen molar-refractivity contribution in [3.8, 4) is 16.8 Å². The quantitative estimate of drug-likeness (QED) is 0.149. The van der Waals surface area contributed by atoms with E-state index in [1.54, 1.807) is 0 Å². The molecule has 2 heteroatoms. The lowest BCUT2D eigenvalue weighted by atomic mass is 9.84. The second-order valence-corrected chi connectivity index (χ2v) is 16.0. The standard InChI is InChI=1S/C58H44N2/c1-5-17-41(18-6-1)44-31-34-50(35-32-44)59(52-39-47(42-19-7-2-8-20-42)37-48(40-52)43-21-9-3-10-22-43)51-27-15-24-46(38-51)53-29-16-30-56-57(53)55-36-33-45-23-13-14-28-54(45)58(55)60(56)49-25-11-4-12-26-49/h1-5,7-17,19-36,38-40,47H,6,18,37H2. The van der Waals surface area contributed by atoms with E-state index in [2.05, 4.69) is 234 Å². The Labute approximate surface area is 352 Å². The van der Waals surface area contributed by atoms with E-state index in [9.17, 15) is 0 Å². The second-order valence-electron chi connectivity index (χ2n) is 16.0. The van der Waals surface area contributed by atoms with E-state index in [0.717, 1.165) is 36.3 Å². The Morgan fingerprint density at radius 1 is 0.533 bits per heavy atom. The maximum Gasteiger partial charge on any atom is 0.0619 e. The fourth-order valence-electron chi connectivity index (χ4n) is 9.54. The van der Waals surface area contributed by atoms with Crippen LogP contribution >= 0.6 is 0 Å². The summed E-state index contributed by atoms with van der Waals surface area (Å²) >= 11 is 0. The van der Waals surface area contributed by atoms with Crippen molar-refractivity contribution >= 4 is 55.1 Å². The number of rotatable bonds is 8. The fraction of sp³-hybridized carbons (Fsp3) is 0.0690. The molecule has 0 saturated carbocycles. The monoisotopic (exact) mass is 768 g/mol. The summed E-state index contributed by atoms with van der Waals surface area (Å²) in [5, 5.41) is 5.01. The van der Waals surface area contributed by atoms with Gasteiger partial charge in [-0.3, -0.25) is 0 Å². The number of allylic oxidation sites excluding steroid dienone is 7. The molecular weight excluding hydrogens is 725 g/mol. The molecule has 0 aliphatic heterocycles. The van der Waals surface area contributed by atoms with Crippen molar-refractivity contribution in [1.29, 1.82) is 0 Å². The molecule has 1 heterocycles. The lowest BCUT2D eigenvalue weighted by molar-refractivity contribution is 0.851. The molecule has 0 amide bonds. The van der Waals surface area contributed by atoms with Gasteiger partial charge in [0.25, 0.3) is 0 Å². The summed E-state index contributed by atoms with van der Waals surface area (Å²) < 4.78 is 2.46. The number of nitrogens with zero attached hydrogens (tertiary/aromatic N) is 2. The number of hydrogen-bond donors (Lipinski definition) is 0. The van der Waals surface area contributed by atoms with E-state index < -0.39 is 0 Å². The molecule has 0 spiro atoms. The molecule has 0 radical (unpaired) electrons. The van der Waals surface area contributed by atoms with Crippen molar-refractivity contribution in [2.45, 2.75) is 25.2 Å². The smallest absolute Gasteiger partial charge is 0.0619 e. The van der Waals surface area contributed by atoms with Gasteiger partial charge in [0.05, 0.1) is 11.0 Å². The molecule has 1 atom stereocenters. The normalized spacial score (nSPS) is 15.2. The summed E-state index contributed by atoms with van der Waals surface area (Å²) in [7, 11) is 0. The first kappa shape index (κ1) is 35.7. The number of para-hydroxylation sites is 1. The topological polar surface area (TPSA) is 8.17 Å². The van der Waals surface area contributed by atoms with Crippen LogP contribution in [0.25, 0.3) is 60.5 Å². The number of fused-ring (bicyclic) bond motifs is 5. The van der Waals surface area contributed by atoms with Crippen LogP contribution < -0.4 is 4.90 Å². The Morgan fingerprint density at radius 3 is 2.05 bits per heavy atom. The number of aromatic nitrogens is 1. The fourth-order valence-corrected chi connectivity index (χ4v) is 9.54. The molecule has 0 saturated heterocycles. The molecule has 0 bridgehead atoms. The Hall–Kier alpha value is -7.42. The van der Waals surface area contributed by atoms with E-state index in [-0.39, 0.29) is 5.92 Å². The van der Waals surface area contributed by atoms with Gasteiger partial charge in [-0.2, -0.15) is 0 Å². The zero-order chi connectivity index (χ0) is 39.8. The van der Waals surface area contributed by atoms with Gasteiger partial charge in [0.2, 0.25) is 0 Å². The van der Waals surface area contributed by atoms with Crippen LogP contribution in [-0.4, -0.2) is 4.57 Å². The number of hydrogen-bond acceptors (Lipinski definition) is 1. The van der Waals surface area contributed by atoms with E-state index in [4.69, 9.17) is 0 Å². The average Bonchev–Trinajstić information content (AvgIpc) is 3.68. The Balaban J connectivity index is 1.12. The molecule has 8 aromatic carbocycles. The molecule has 286 valence electrons. The predicted octanol–water partition coefficient (Wildman–Crippen LogP) is 15.6. The number of anilines is 2. The zero-order valence-electron chi connectivity index (χ0n) is 33.5. The predicted molar refractivity (Wildman–Crippen MR) is 255 cm³/mol. The second kappa shape index (κ2) is 15.4. The summed E-state index contributed by atoms with van der Waals surface area (Å²) in [6.45, 7) is 0. The van der Waals surface area contributed by atoms with Gasteiger partial charge in [-0.1, -0.05) is 176 Å². The minimum atomic E-state index is 0.221. The van der Waals surface area contributed by atoms with E-state index in [1.807, 2.05) is 0 Å². The lowest BCUT2D eigenvalue weighted by Gasteiger charge is -2.32. The summed E-state index contributed by atoms with van der Waals surface area (Å²) in [5.41, 5.74) is 16.0. The molecular formula is C58H44N2. The van der Waals surface area contributed by atoms with Gasteiger partial charge < -0.3 is 9.47 Å². The molecule has 60 heavy (non-hydrogen) atoms. The third-order valence-corrected chi connectivity index (χ3v) is 12.4. The number of benzene rings is 8. The highest BCUT2D eigenvalue weighted by atomic mass is 15.1. The maximum absolute atomic E-state index is 2.48. The van der Waals surface area contributed by atoms with E-state index >= 15 is 0 Å². The zero-order valence-corrected chi connectivity index (χ0v) is 33.5. The van der Waals surface area contributed by atoms with Crippen LogP contribution in [0.2, 0.25) is 0 Å². The van der Waals surface area contributed by atoms with Gasteiger partial charge in [-0.15, -0.1) is 0 Å². The van der Waals surface area contributed by atoms with Crippen LogP contribution in [-0.2, 0) is 0 Å². The van der Waals surface area contributed by atoms with Crippen LogP contribution in [0.3, 0.4) is 0 Å². The van der Waals surface area contributed by atoms with Crippen molar-refractivity contribution in [3.05, 3.63) is 247 Å². The first-order valence-corrected chi connectivity index (χ1v) is 21.2. The maximum atomic E-state index is 2.48. The highest BCUT2D eigenvalue weighted by Crippen LogP contribution is 2.45. The van der Waals surface area contributed by atoms with Crippen molar-refractivity contribution in [1.82, 2.24) is 4.57 Å². The van der Waals surface area contributed by atoms with Gasteiger partial charge in [-0.25, -0.2) is 0 Å². The molecule has 2 aliphatic rings. The highest BCUT2D eigenvalue weighted by molar-refractivity contribution is 6.22. The van der Waals surface area contributed by atoms with Crippen molar-refractivity contribution < 1.29 is 0 Å². The molecule has 9 aromatic rings. The molecule has 1 unspecified atom stereocenters. The van der Waals surface area contributed by atoms with E-state index in [0.29, 0.717) is 0 Å². The van der Waals surface area contributed by atoms with Crippen LogP contribution in [0.15, 0.2) is 230 Å². The first-order valence-electron chi connectivity index (χ1n) is 21.2. The van der Waals surface area contributed by atoms with Crippen molar-refractivity contribution in [3.63, 3.8) is 0 Å².